The third kappa shape index (κ3) is 2.08. The lowest BCUT2D eigenvalue weighted by Crippen LogP contribution is -2.54. The van der Waals surface area contributed by atoms with Crippen LogP contribution in [0.25, 0.3) is 10.9 Å². The van der Waals surface area contributed by atoms with E-state index in [-0.39, 0.29) is 0 Å². The first-order valence-electron chi connectivity index (χ1n) is 7.53. The zero-order chi connectivity index (χ0) is 16.1. The summed E-state index contributed by atoms with van der Waals surface area (Å²) in [5.74, 6) is 0. The fraction of sp³-hybridized carbons (Fsp3) is 0.471. The van der Waals surface area contributed by atoms with E-state index in [1.54, 1.807) is 20.8 Å². The number of amides is 1. The molecule has 0 radical (unpaired) electrons. The van der Waals surface area contributed by atoms with Crippen molar-refractivity contribution < 1.29 is 14.6 Å². The molecule has 1 atom stereocenters. The SMILES string of the molecule is Cc1[nH]c2ccccc2c1CCN1C(=O)OC(C)(C)C1(C)O. The van der Waals surface area contributed by atoms with Crippen molar-refractivity contribution in [2.24, 2.45) is 0 Å². The van der Waals surface area contributed by atoms with Crippen LogP contribution in [0.2, 0.25) is 0 Å². The Balaban J connectivity index is 1.86. The highest BCUT2D eigenvalue weighted by Gasteiger charge is 2.56. The first-order valence-corrected chi connectivity index (χ1v) is 7.53. The molecule has 1 aromatic heterocycles. The number of nitrogens with one attached hydrogen (secondary N) is 1. The summed E-state index contributed by atoms with van der Waals surface area (Å²) in [6, 6.07) is 8.10. The van der Waals surface area contributed by atoms with Crippen LogP contribution < -0.4 is 0 Å². The van der Waals surface area contributed by atoms with E-state index in [2.05, 4.69) is 11.1 Å². The number of aromatic amines is 1. The Labute approximate surface area is 129 Å². The number of cyclic esters (lactones) is 1. The van der Waals surface area contributed by atoms with Crippen LogP contribution in [-0.4, -0.2) is 39.0 Å². The van der Waals surface area contributed by atoms with E-state index in [4.69, 9.17) is 4.74 Å². The maximum absolute atomic E-state index is 12.0. The number of hydrogen-bond donors (Lipinski definition) is 2. The van der Waals surface area contributed by atoms with Gasteiger partial charge >= 0.3 is 6.09 Å². The molecule has 1 fully saturated rings. The normalized spacial score (nSPS) is 24.0. The first kappa shape index (κ1) is 14.9. The van der Waals surface area contributed by atoms with Crippen molar-refractivity contribution in [3.63, 3.8) is 0 Å². The van der Waals surface area contributed by atoms with Gasteiger partial charge in [-0.3, -0.25) is 4.90 Å². The minimum absolute atomic E-state index is 0.415. The van der Waals surface area contributed by atoms with Gasteiger partial charge in [-0.15, -0.1) is 0 Å². The number of benzene rings is 1. The fourth-order valence-corrected chi connectivity index (χ4v) is 3.06. The number of hydrogen-bond acceptors (Lipinski definition) is 3. The first-order chi connectivity index (χ1) is 10.2. The molecule has 2 aromatic rings. The lowest BCUT2D eigenvalue weighted by atomic mass is 9.95. The van der Waals surface area contributed by atoms with Crippen LogP contribution in [-0.2, 0) is 11.2 Å². The number of para-hydroxylation sites is 1. The summed E-state index contributed by atoms with van der Waals surface area (Å²) in [6.45, 7) is 7.52. The van der Waals surface area contributed by atoms with Crippen molar-refractivity contribution in [2.45, 2.75) is 45.4 Å². The van der Waals surface area contributed by atoms with E-state index in [1.807, 2.05) is 25.1 Å². The highest BCUT2D eigenvalue weighted by molar-refractivity contribution is 5.84. The predicted octanol–water partition coefficient (Wildman–Crippen LogP) is 2.96. The molecule has 118 valence electrons. The lowest BCUT2D eigenvalue weighted by Gasteiger charge is -2.34. The van der Waals surface area contributed by atoms with Gasteiger partial charge in [0.25, 0.3) is 0 Å². The van der Waals surface area contributed by atoms with Crippen molar-refractivity contribution in [3.8, 4) is 0 Å². The molecular formula is C17H22N2O3. The number of carbonyl (C=O) groups excluding carboxylic acids is 1. The molecule has 1 saturated heterocycles. The molecule has 2 heterocycles. The summed E-state index contributed by atoms with van der Waals surface area (Å²) in [5, 5.41) is 11.8. The summed E-state index contributed by atoms with van der Waals surface area (Å²) >= 11 is 0. The Kier molecular flexibility index (Phi) is 3.22. The highest BCUT2D eigenvalue weighted by Crippen LogP contribution is 2.37. The number of aromatic nitrogens is 1. The maximum Gasteiger partial charge on any atom is 0.412 e. The summed E-state index contributed by atoms with van der Waals surface area (Å²) < 4.78 is 5.29. The minimum Gasteiger partial charge on any atom is -0.438 e. The molecule has 5 nitrogen and oxygen atoms in total. The van der Waals surface area contributed by atoms with Crippen molar-refractivity contribution in [1.82, 2.24) is 9.88 Å². The molecule has 1 aliphatic rings. The number of nitrogens with zero attached hydrogens (tertiary/aromatic N) is 1. The van der Waals surface area contributed by atoms with Gasteiger partial charge in [0.05, 0.1) is 0 Å². The van der Waals surface area contributed by atoms with Crippen LogP contribution in [0.3, 0.4) is 0 Å². The van der Waals surface area contributed by atoms with Crippen LogP contribution >= 0.6 is 0 Å². The molecule has 0 saturated carbocycles. The van der Waals surface area contributed by atoms with Gasteiger partial charge in [0.15, 0.2) is 11.3 Å². The summed E-state index contributed by atoms with van der Waals surface area (Å²) in [7, 11) is 0. The average Bonchev–Trinajstić information content (AvgIpc) is 2.81. The largest absolute Gasteiger partial charge is 0.438 e. The third-order valence-corrected chi connectivity index (χ3v) is 4.84. The monoisotopic (exact) mass is 302 g/mol. The number of aliphatic hydroxyl groups is 1. The molecule has 0 aliphatic carbocycles. The molecule has 1 unspecified atom stereocenters. The summed E-state index contributed by atoms with van der Waals surface area (Å²) in [4.78, 5) is 16.8. The Hall–Kier alpha value is -2.01. The number of H-pyrrole nitrogens is 1. The summed E-state index contributed by atoms with van der Waals surface area (Å²) in [5.41, 5.74) is 1.12. The minimum atomic E-state index is -1.32. The molecule has 2 N–H and O–H groups in total. The molecule has 5 heteroatoms. The van der Waals surface area contributed by atoms with Crippen molar-refractivity contribution in [2.75, 3.05) is 6.54 Å². The van der Waals surface area contributed by atoms with Gasteiger partial charge in [-0.25, -0.2) is 4.79 Å². The second kappa shape index (κ2) is 4.74. The van der Waals surface area contributed by atoms with Crippen molar-refractivity contribution in [1.29, 1.82) is 0 Å². The zero-order valence-electron chi connectivity index (χ0n) is 13.4. The third-order valence-electron chi connectivity index (χ3n) is 4.84. The topological polar surface area (TPSA) is 65.6 Å². The molecule has 3 rings (SSSR count). The van der Waals surface area contributed by atoms with Gasteiger partial charge < -0.3 is 14.8 Å². The van der Waals surface area contributed by atoms with E-state index in [1.165, 1.54) is 10.5 Å². The van der Waals surface area contributed by atoms with Crippen molar-refractivity contribution in [3.05, 3.63) is 35.5 Å². The molecule has 0 bridgehead atoms. The number of ether oxygens (including phenoxy) is 1. The Morgan fingerprint density at radius 2 is 1.95 bits per heavy atom. The van der Waals surface area contributed by atoms with Crippen LogP contribution in [0.5, 0.6) is 0 Å². The number of carbonyl (C=O) groups is 1. The molecule has 0 spiro atoms. The molecule has 22 heavy (non-hydrogen) atoms. The molecule has 1 aromatic carbocycles. The van der Waals surface area contributed by atoms with E-state index < -0.39 is 17.4 Å². The van der Waals surface area contributed by atoms with Gasteiger partial charge in [-0.2, -0.15) is 0 Å². The number of rotatable bonds is 3. The molecular weight excluding hydrogens is 280 g/mol. The summed E-state index contributed by atoms with van der Waals surface area (Å²) in [6.07, 6.45) is 0.199. The number of fused-ring (bicyclic) bond motifs is 1. The van der Waals surface area contributed by atoms with E-state index in [0.29, 0.717) is 13.0 Å². The van der Waals surface area contributed by atoms with Gasteiger partial charge in [0.1, 0.15) is 0 Å². The number of aryl methyl sites for hydroxylation is 1. The van der Waals surface area contributed by atoms with Crippen LogP contribution in [0.1, 0.15) is 32.0 Å². The quantitative estimate of drug-likeness (QED) is 0.916. The predicted molar refractivity (Wildman–Crippen MR) is 84.6 cm³/mol. The second-order valence-corrected chi connectivity index (χ2v) is 6.57. The van der Waals surface area contributed by atoms with Gasteiger partial charge in [0.2, 0.25) is 0 Å². The van der Waals surface area contributed by atoms with Crippen LogP contribution in [0, 0.1) is 6.92 Å². The van der Waals surface area contributed by atoms with E-state index in [0.717, 1.165) is 16.6 Å². The van der Waals surface area contributed by atoms with Gasteiger partial charge in [-0.1, -0.05) is 18.2 Å². The molecule has 1 amide bonds. The Morgan fingerprint density at radius 3 is 2.59 bits per heavy atom. The second-order valence-electron chi connectivity index (χ2n) is 6.57. The smallest absolute Gasteiger partial charge is 0.412 e. The standard InChI is InChI=1S/C17H22N2O3/c1-11-12(13-7-5-6-8-14(13)18-11)9-10-19-15(20)22-16(2,3)17(19,4)21/h5-8,18,21H,9-10H2,1-4H3. The maximum atomic E-state index is 12.0. The Morgan fingerprint density at radius 1 is 1.27 bits per heavy atom. The van der Waals surface area contributed by atoms with Crippen molar-refractivity contribution >= 4 is 17.0 Å². The highest BCUT2D eigenvalue weighted by atomic mass is 16.6. The van der Waals surface area contributed by atoms with E-state index >= 15 is 0 Å². The van der Waals surface area contributed by atoms with Crippen LogP contribution in [0.4, 0.5) is 4.79 Å². The molecule has 1 aliphatic heterocycles. The van der Waals surface area contributed by atoms with Gasteiger partial charge in [0, 0.05) is 23.1 Å². The fourth-order valence-electron chi connectivity index (χ4n) is 3.06. The average molecular weight is 302 g/mol. The lowest BCUT2D eigenvalue weighted by molar-refractivity contribution is -0.126. The van der Waals surface area contributed by atoms with Crippen LogP contribution in [0.15, 0.2) is 24.3 Å². The van der Waals surface area contributed by atoms with Gasteiger partial charge in [-0.05, 0) is 45.7 Å². The zero-order valence-corrected chi connectivity index (χ0v) is 13.4. The van der Waals surface area contributed by atoms with E-state index in [9.17, 15) is 9.90 Å². The Bertz CT molecular complexity index is 731.